The Labute approximate surface area is 132 Å². The third kappa shape index (κ3) is 3.76. The highest BCUT2D eigenvalue weighted by Gasteiger charge is 2.26. The lowest BCUT2D eigenvalue weighted by atomic mass is 9.91. The smallest absolute Gasteiger partial charge is 0.0415 e. The monoisotopic (exact) mass is 338 g/mol. The van der Waals surface area contributed by atoms with E-state index >= 15 is 0 Å². The summed E-state index contributed by atoms with van der Waals surface area (Å²) in [5.41, 5.74) is 2.82. The molecular formula is C17H27BrN2. The van der Waals surface area contributed by atoms with E-state index in [1.54, 1.807) is 0 Å². The second kappa shape index (κ2) is 7.46. The number of nitrogens with one attached hydrogen (secondary N) is 1. The molecule has 0 bridgehead atoms. The minimum absolute atomic E-state index is 0.634. The molecule has 1 aliphatic rings. The van der Waals surface area contributed by atoms with Crippen molar-refractivity contribution >= 4 is 21.6 Å². The summed E-state index contributed by atoms with van der Waals surface area (Å²) in [5, 5.41) is 3.54. The van der Waals surface area contributed by atoms with E-state index < -0.39 is 0 Å². The first-order valence-corrected chi connectivity index (χ1v) is 8.68. The molecule has 1 aromatic carbocycles. The van der Waals surface area contributed by atoms with Gasteiger partial charge in [-0.05, 0) is 62.4 Å². The summed E-state index contributed by atoms with van der Waals surface area (Å²) >= 11 is 3.61. The van der Waals surface area contributed by atoms with E-state index in [1.165, 1.54) is 41.5 Å². The summed E-state index contributed by atoms with van der Waals surface area (Å²) < 4.78 is 1.17. The van der Waals surface area contributed by atoms with Gasteiger partial charge in [0.2, 0.25) is 0 Å². The van der Waals surface area contributed by atoms with Gasteiger partial charge in [0.05, 0.1) is 0 Å². The number of benzene rings is 1. The zero-order valence-electron chi connectivity index (χ0n) is 13.0. The van der Waals surface area contributed by atoms with Crippen LogP contribution < -0.4 is 10.2 Å². The summed E-state index contributed by atoms with van der Waals surface area (Å²) in [6.45, 7) is 10.2. The lowest BCUT2D eigenvalue weighted by molar-refractivity contribution is 0.363. The van der Waals surface area contributed by atoms with Gasteiger partial charge in [-0.15, -0.1) is 0 Å². The van der Waals surface area contributed by atoms with Crippen LogP contribution in [0, 0.1) is 5.92 Å². The molecule has 1 saturated heterocycles. The largest absolute Gasteiger partial charge is 0.368 e. The first-order chi connectivity index (χ1) is 9.63. The molecule has 2 nitrogen and oxygen atoms in total. The molecule has 3 heteroatoms. The van der Waals surface area contributed by atoms with Gasteiger partial charge in [0.15, 0.2) is 0 Å². The Morgan fingerprint density at radius 3 is 2.90 bits per heavy atom. The molecule has 1 aliphatic heterocycles. The number of rotatable bonds is 5. The minimum atomic E-state index is 0.634. The molecule has 2 atom stereocenters. The van der Waals surface area contributed by atoms with E-state index in [1.807, 2.05) is 0 Å². The fourth-order valence-electron chi connectivity index (χ4n) is 3.05. The molecule has 20 heavy (non-hydrogen) atoms. The van der Waals surface area contributed by atoms with Crippen LogP contribution in [-0.4, -0.2) is 19.1 Å². The Morgan fingerprint density at radius 2 is 2.15 bits per heavy atom. The van der Waals surface area contributed by atoms with Crippen LogP contribution >= 0.6 is 15.9 Å². The summed E-state index contributed by atoms with van der Waals surface area (Å²) in [4.78, 5) is 2.60. The molecule has 0 aliphatic carbocycles. The first kappa shape index (κ1) is 15.8. The average molecular weight is 339 g/mol. The van der Waals surface area contributed by atoms with Crippen molar-refractivity contribution in [2.24, 2.45) is 5.92 Å². The van der Waals surface area contributed by atoms with Gasteiger partial charge in [-0.1, -0.05) is 29.8 Å². The maximum Gasteiger partial charge on any atom is 0.0415 e. The second-order valence-corrected chi connectivity index (χ2v) is 6.92. The van der Waals surface area contributed by atoms with Crippen LogP contribution in [0.1, 0.15) is 45.6 Å². The molecule has 112 valence electrons. The first-order valence-electron chi connectivity index (χ1n) is 7.89. The van der Waals surface area contributed by atoms with Gasteiger partial charge in [-0.3, -0.25) is 0 Å². The van der Waals surface area contributed by atoms with Crippen molar-refractivity contribution in [2.75, 3.05) is 18.0 Å². The Bertz CT molecular complexity index is 433. The molecule has 0 amide bonds. The number of hydrogen-bond acceptors (Lipinski definition) is 2. The van der Waals surface area contributed by atoms with Crippen LogP contribution in [0.3, 0.4) is 0 Å². The van der Waals surface area contributed by atoms with Crippen LogP contribution in [0.4, 0.5) is 5.69 Å². The third-order valence-electron chi connectivity index (χ3n) is 4.47. The van der Waals surface area contributed by atoms with Crippen LogP contribution in [0.5, 0.6) is 0 Å². The third-order valence-corrected chi connectivity index (χ3v) is 4.96. The standard InChI is InChI=1S/C17H27BrN2/c1-4-9-19-12-15-11-16(18)7-8-17(15)20-10-5-6-13(2)14(20)3/h7-8,11,13-14,19H,4-6,9-10,12H2,1-3H3. The maximum atomic E-state index is 3.61. The SMILES string of the molecule is CCCNCc1cc(Br)ccc1N1CCCC(C)C1C. The summed E-state index contributed by atoms with van der Waals surface area (Å²) in [6.07, 6.45) is 3.85. The van der Waals surface area contributed by atoms with Crippen molar-refractivity contribution in [1.29, 1.82) is 0 Å². The van der Waals surface area contributed by atoms with Gasteiger partial charge < -0.3 is 10.2 Å². The van der Waals surface area contributed by atoms with Gasteiger partial charge >= 0.3 is 0 Å². The van der Waals surface area contributed by atoms with E-state index in [4.69, 9.17) is 0 Å². The molecule has 0 saturated carbocycles. The highest BCUT2D eigenvalue weighted by atomic mass is 79.9. The molecule has 1 fully saturated rings. The Morgan fingerprint density at radius 1 is 1.35 bits per heavy atom. The lowest BCUT2D eigenvalue weighted by Crippen LogP contribution is -2.43. The number of hydrogen-bond donors (Lipinski definition) is 1. The van der Waals surface area contributed by atoms with E-state index in [2.05, 4.69) is 65.1 Å². The number of nitrogens with zero attached hydrogens (tertiary/aromatic N) is 1. The highest BCUT2D eigenvalue weighted by Crippen LogP contribution is 2.32. The van der Waals surface area contributed by atoms with Crippen molar-refractivity contribution in [3.63, 3.8) is 0 Å². The Balaban J connectivity index is 2.20. The average Bonchev–Trinajstić information content (AvgIpc) is 2.43. The van der Waals surface area contributed by atoms with Crippen LogP contribution in [0.2, 0.25) is 0 Å². The quantitative estimate of drug-likeness (QED) is 0.791. The van der Waals surface area contributed by atoms with Crippen molar-refractivity contribution in [2.45, 2.75) is 52.6 Å². The van der Waals surface area contributed by atoms with Crippen LogP contribution in [0.15, 0.2) is 22.7 Å². The van der Waals surface area contributed by atoms with Crippen LogP contribution in [0.25, 0.3) is 0 Å². The second-order valence-electron chi connectivity index (χ2n) is 6.00. The topological polar surface area (TPSA) is 15.3 Å². The van der Waals surface area contributed by atoms with Gasteiger partial charge in [0, 0.05) is 29.3 Å². The molecule has 1 N–H and O–H groups in total. The predicted molar refractivity (Wildman–Crippen MR) is 91.3 cm³/mol. The molecule has 0 aromatic heterocycles. The number of halogens is 1. The van der Waals surface area contributed by atoms with Crippen molar-refractivity contribution in [1.82, 2.24) is 5.32 Å². The molecule has 0 spiro atoms. The fraction of sp³-hybridized carbons (Fsp3) is 0.647. The van der Waals surface area contributed by atoms with E-state index in [9.17, 15) is 0 Å². The highest BCUT2D eigenvalue weighted by molar-refractivity contribution is 9.10. The fourth-order valence-corrected chi connectivity index (χ4v) is 3.46. The van der Waals surface area contributed by atoms with E-state index in [0.29, 0.717) is 6.04 Å². The van der Waals surface area contributed by atoms with Crippen molar-refractivity contribution < 1.29 is 0 Å². The van der Waals surface area contributed by atoms with Gasteiger partial charge in [0.25, 0.3) is 0 Å². The van der Waals surface area contributed by atoms with Gasteiger partial charge in [0.1, 0.15) is 0 Å². The molecular weight excluding hydrogens is 312 g/mol. The van der Waals surface area contributed by atoms with Gasteiger partial charge in [-0.25, -0.2) is 0 Å². The van der Waals surface area contributed by atoms with E-state index in [0.717, 1.165) is 19.0 Å². The van der Waals surface area contributed by atoms with Crippen LogP contribution in [-0.2, 0) is 6.54 Å². The molecule has 2 rings (SSSR count). The zero-order chi connectivity index (χ0) is 14.5. The molecule has 0 radical (unpaired) electrons. The van der Waals surface area contributed by atoms with E-state index in [-0.39, 0.29) is 0 Å². The van der Waals surface area contributed by atoms with Crippen molar-refractivity contribution in [3.8, 4) is 0 Å². The summed E-state index contributed by atoms with van der Waals surface area (Å²) in [6, 6.07) is 7.35. The normalized spacial score (nSPS) is 23.1. The summed E-state index contributed by atoms with van der Waals surface area (Å²) in [7, 11) is 0. The minimum Gasteiger partial charge on any atom is -0.368 e. The predicted octanol–water partition coefficient (Wildman–Crippen LogP) is 4.57. The Kier molecular flexibility index (Phi) is 5.91. The van der Waals surface area contributed by atoms with Gasteiger partial charge in [-0.2, -0.15) is 0 Å². The molecule has 1 heterocycles. The molecule has 1 aromatic rings. The molecule has 2 unspecified atom stereocenters. The Hall–Kier alpha value is -0.540. The van der Waals surface area contributed by atoms with Crippen molar-refractivity contribution in [3.05, 3.63) is 28.2 Å². The zero-order valence-corrected chi connectivity index (χ0v) is 14.5. The summed E-state index contributed by atoms with van der Waals surface area (Å²) in [5.74, 6) is 0.781. The lowest BCUT2D eigenvalue weighted by Gasteiger charge is -2.40. The number of piperidine rings is 1. The number of anilines is 1. The maximum absolute atomic E-state index is 3.61.